The van der Waals surface area contributed by atoms with Crippen LogP contribution in [0.3, 0.4) is 0 Å². The van der Waals surface area contributed by atoms with E-state index in [0.29, 0.717) is 12.3 Å². The van der Waals surface area contributed by atoms with Gasteiger partial charge < -0.3 is 4.90 Å². The minimum atomic E-state index is -0.400. The molecule has 3 aliphatic heterocycles. The first-order valence-corrected chi connectivity index (χ1v) is 9.95. The van der Waals surface area contributed by atoms with Gasteiger partial charge >= 0.3 is 11.9 Å². The highest BCUT2D eigenvalue weighted by Gasteiger charge is 2.49. The maximum absolute atomic E-state index is 12.9. The van der Waals surface area contributed by atoms with Crippen LogP contribution in [0.1, 0.15) is 40.0 Å². The van der Waals surface area contributed by atoms with E-state index in [1.165, 1.54) is 21.2 Å². The van der Waals surface area contributed by atoms with Crippen LogP contribution < -0.4 is 0 Å². The van der Waals surface area contributed by atoms with E-state index in [0.717, 1.165) is 25.8 Å². The highest BCUT2D eigenvalue weighted by atomic mass is 32.2. The number of fused-ring (bicyclic) bond motifs is 1. The number of hydrogen-bond donors (Lipinski definition) is 0. The fourth-order valence-corrected chi connectivity index (χ4v) is 4.60. The second-order valence-corrected chi connectivity index (χ2v) is 8.40. The van der Waals surface area contributed by atoms with Crippen LogP contribution in [0.4, 0.5) is 4.79 Å². The maximum atomic E-state index is 12.9. The molecule has 7 heteroatoms. The summed E-state index contributed by atoms with van der Waals surface area (Å²) in [6.07, 6.45) is 4.96. The van der Waals surface area contributed by atoms with Crippen molar-refractivity contribution in [2.24, 2.45) is 5.92 Å². The number of piperidine rings is 1. The third kappa shape index (κ3) is 3.52. The van der Waals surface area contributed by atoms with Crippen LogP contribution in [-0.4, -0.2) is 68.9 Å². The van der Waals surface area contributed by atoms with Crippen molar-refractivity contribution in [1.82, 2.24) is 9.80 Å². The number of hydrogen-bond acceptors (Lipinski definition) is 4. The van der Waals surface area contributed by atoms with Crippen LogP contribution in [0, 0.1) is 5.92 Å². The van der Waals surface area contributed by atoms with Gasteiger partial charge in [0, 0.05) is 12.6 Å². The largest absolute Gasteiger partial charge is 0.501 e. The van der Waals surface area contributed by atoms with Crippen LogP contribution in [-0.2, 0) is 9.59 Å². The third-order valence-electron chi connectivity index (χ3n) is 4.95. The maximum Gasteiger partial charge on any atom is 0.501 e. The quantitative estimate of drug-likeness (QED) is 0.717. The Morgan fingerprint density at radius 1 is 1.36 bits per heavy atom. The Morgan fingerprint density at radius 3 is 2.80 bits per heavy atom. The summed E-state index contributed by atoms with van der Waals surface area (Å²) in [7, 11) is 0. The molecule has 0 radical (unpaired) electrons. The van der Waals surface area contributed by atoms with Crippen molar-refractivity contribution in [3.8, 4) is 0 Å². The van der Waals surface area contributed by atoms with Gasteiger partial charge in [0.2, 0.25) is 0 Å². The molecule has 0 aromatic heterocycles. The van der Waals surface area contributed by atoms with Crippen molar-refractivity contribution in [2.75, 3.05) is 19.6 Å². The molecular weight excluding hydrogens is 338 g/mol. The minimum Gasteiger partial charge on any atom is -0.337 e. The Hall–Kier alpha value is -1.63. The summed E-state index contributed by atoms with van der Waals surface area (Å²) in [6.45, 7) is 7.16. The standard InChI is InChI=1S/C18H26N3O3S/c1-12(2)10-21-17(23)16-14(7-9-25-16)20(18(21)24)11-15(22)19-8-5-4-6-13(19)3/h7,9,12-13,16H,4-6,8,10-11H2,1-3H3/q+1. The van der Waals surface area contributed by atoms with Gasteiger partial charge in [0.1, 0.15) is 5.71 Å². The summed E-state index contributed by atoms with van der Waals surface area (Å²) < 4.78 is 1.51. The molecule has 0 saturated carbocycles. The molecule has 6 nitrogen and oxygen atoms in total. The second kappa shape index (κ2) is 7.32. The summed E-state index contributed by atoms with van der Waals surface area (Å²) in [6, 6.07) is -0.154. The molecule has 3 aliphatic rings. The number of nitrogens with zero attached hydrogens (tertiary/aromatic N) is 3. The fraction of sp³-hybridized carbons (Fsp3) is 0.667. The Bertz CT molecular complexity index is 656. The summed E-state index contributed by atoms with van der Waals surface area (Å²) >= 11 is 1.41. The molecule has 2 atom stereocenters. The van der Waals surface area contributed by atoms with Crippen LogP contribution in [0.25, 0.3) is 0 Å². The van der Waals surface area contributed by atoms with Gasteiger partial charge in [-0.15, -0.1) is 11.8 Å². The van der Waals surface area contributed by atoms with E-state index < -0.39 is 5.25 Å². The van der Waals surface area contributed by atoms with Gasteiger partial charge in [-0.2, -0.15) is 14.3 Å². The predicted octanol–water partition coefficient (Wildman–Crippen LogP) is 2.09. The second-order valence-electron chi connectivity index (χ2n) is 7.39. The number of carbonyl (C=O) groups excluding carboxylic acids is 3. The highest BCUT2D eigenvalue weighted by Crippen LogP contribution is 2.28. The molecule has 0 bridgehead atoms. The first kappa shape index (κ1) is 18.2. The lowest BCUT2D eigenvalue weighted by atomic mass is 10.0. The molecule has 136 valence electrons. The van der Waals surface area contributed by atoms with Crippen LogP contribution in [0.15, 0.2) is 11.5 Å². The molecule has 4 amide bonds. The Labute approximate surface area is 152 Å². The molecule has 0 aliphatic carbocycles. The van der Waals surface area contributed by atoms with E-state index in [4.69, 9.17) is 0 Å². The van der Waals surface area contributed by atoms with E-state index in [1.54, 1.807) is 6.08 Å². The number of likely N-dealkylation sites (tertiary alicyclic amines) is 1. The lowest BCUT2D eigenvalue weighted by Gasteiger charge is -2.33. The first-order valence-electron chi connectivity index (χ1n) is 9.01. The SMILES string of the molecule is CC(C)CN1C(=O)C2SC=CC2=[N+](CC(=O)N2CCCCC2C)C1=O. The van der Waals surface area contributed by atoms with Crippen molar-refractivity contribution in [3.05, 3.63) is 11.5 Å². The molecule has 0 aromatic rings. The fourth-order valence-electron chi connectivity index (χ4n) is 3.64. The van der Waals surface area contributed by atoms with E-state index >= 15 is 0 Å². The number of amides is 4. The molecule has 0 spiro atoms. The lowest BCUT2D eigenvalue weighted by Crippen LogP contribution is -2.58. The van der Waals surface area contributed by atoms with Crippen molar-refractivity contribution in [1.29, 1.82) is 0 Å². The van der Waals surface area contributed by atoms with Gasteiger partial charge in [0.15, 0.2) is 11.8 Å². The Kier molecular flexibility index (Phi) is 5.32. The molecule has 1 saturated heterocycles. The average Bonchev–Trinajstić information content (AvgIpc) is 3.05. The van der Waals surface area contributed by atoms with E-state index in [1.807, 2.05) is 24.2 Å². The van der Waals surface area contributed by atoms with E-state index in [9.17, 15) is 14.4 Å². The van der Waals surface area contributed by atoms with Gasteiger partial charge in [-0.25, -0.2) is 4.79 Å². The summed E-state index contributed by atoms with van der Waals surface area (Å²) in [4.78, 5) is 41.5. The number of allylic oxidation sites excluding steroid dienone is 1. The van der Waals surface area contributed by atoms with Crippen molar-refractivity contribution in [2.45, 2.75) is 51.3 Å². The van der Waals surface area contributed by atoms with E-state index in [2.05, 4.69) is 6.92 Å². The number of thioether (sulfide) groups is 1. The summed E-state index contributed by atoms with van der Waals surface area (Å²) in [5, 5.41) is 1.44. The van der Waals surface area contributed by atoms with Crippen LogP contribution in [0.5, 0.6) is 0 Å². The van der Waals surface area contributed by atoms with Gasteiger partial charge in [0.25, 0.3) is 5.91 Å². The van der Waals surface area contributed by atoms with E-state index in [-0.39, 0.29) is 36.3 Å². The molecular formula is C18H26N3O3S+. The van der Waals surface area contributed by atoms with Gasteiger partial charge in [-0.05, 0) is 43.6 Å². The number of imide groups is 1. The van der Waals surface area contributed by atoms with Crippen LogP contribution >= 0.6 is 11.8 Å². The third-order valence-corrected chi connectivity index (χ3v) is 5.96. The molecule has 0 N–H and O–H groups in total. The smallest absolute Gasteiger partial charge is 0.337 e. The van der Waals surface area contributed by atoms with Crippen LogP contribution in [0.2, 0.25) is 0 Å². The zero-order chi connectivity index (χ0) is 18.1. The molecule has 0 aromatic carbocycles. The minimum absolute atomic E-state index is 0.0157. The Balaban J connectivity index is 1.85. The van der Waals surface area contributed by atoms with Gasteiger partial charge in [-0.1, -0.05) is 13.8 Å². The topological polar surface area (TPSA) is 60.7 Å². The molecule has 3 rings (SSSR count). The van der Waals surface area contributed by atoms with Gasteiger partial charge in [0.05, 0.1) is 6.54 Å². The molecule has 1 fully saturated rings. The van der Waals surface area contributed by atoms with Crippen molar-refractivity contribution < 1.29 is 19.0 Å². The van der Waals surface area contributed by atoms with Crippen molar-refractivity contribution >= 4 is 35.3 Å². The van der Waals surface area contributed by atoms with Crippen molar-refractivity contribution in [3.63, 3.8) is 0 Å². The molecule has 25 heavy (non-hydrogen) atoms. The summed E-state index contributed by atoms with van der Waals surface area (Å²) in [5.41, 5.74) is 0.651. The lowest BCUT2D eigenvalue weighted by molar-refractivity contribution is -0.428. The molecule has 2 unspecified atom stereocenters. The normalized spacial score (nSPS) is 26.7. The molecule has 3 heterocycles. The number of rotatable bonds is 4. The summed E-state index contributed by atoms with van der Waals surface area (Å²) in [5.74, 6) is -0.0110. The first-order chi connectivity index (χ1) is 11.9. The zero-order valence-corrected chi connectivity index (χ0v) is 15.9. The number of carbonyl (C=O) groups is 3. The predicted molar refractivity (Wildman–Crippen MR) is 97.6 cm³/mol. The Morgan fingerprint density at radius 2 is 2.12 bits per heavy atom. The average molecular weight is 364 g/mol. The van der Waals surface area contributed by atoms with Gasteiger partial charge in [-0.3, -0.25) is 4.79 Å². The number of urea groups is 1. The highest BCUT2D eigenvalue weighted by molar-refractivity contribution is 8.04. The monoisotopic (exact) mass is 364 g/mol. The zero-order valence-electron chi connectivity index (χ0n) is 15.1.